The first-order chi connectivity index (χ1) is 17.7. The topological polar surface area (TPSA) is 98.8 Å². The van der Waals surface area contributed by atoms with Crippen LogP contribution in [-0.4, -0.2) is 36.4 Å². The van der Waals surface area contributed by atoms with Crippen LogP contribution in [-0.2, 0) is 16.1 Å². The molecule has 0 saturated carbocycles. The molecule has 1 atom stereocenters. The van der Waals surface area contributed by atoms with Crippen LogP contribution in [0.15, 0.2) is 66.9 Å². The maximum Gasteiger partial charge on any atom is 0.412 e. The molecular formula is C29H35N3O5. The lowest BCUT2D eigenvalue weighted by atomic mass is 9.91. The van der Waals surface area contributed by atoms with Crippen molar-refractivity contribution in [3.63, 3.8) is 0 Å². The lowest BCUT2D eigenvalue weighted by molar-refractivity contribution is 0.109. The lowest BCUT2D eigenvalue weighted by Crippen LogP contribution is -2.51. The Labute approximate surface area is 218 Å². The van der Waals surface area contributed by atoms with E-state index in [1.807, 2.05) is 68.4 Å². The third kappa shape index (κ3) is 8.52. The number of hydrogen-bond donors (Lipinski definition) is 2. The molecule has 8 heteroatoms. The van der Waals surface area contributed by atoms with E-state index in [1.54, 1.807) is 12.3 Å². The number of amides is 2. The summed E-state index contributed by atoms with van der Waals surface area (Å²) in [6.45, 7) is 8.63. The molecule has 8 nitrogen and oxygen atoms in total. The van der Waals surface area contributed by atoms with Crippen molar-refractivity contribution >= 4 is 18.0 Å². The number of pyridine rings is 1. The van der Waals surface area contributed by atoms with E-state index in [-0.39, 0.29) is 13.2 Å². The number of aryl methyl sites for hydroxylation is 1. The summed E-state index contributed by atoms with van der Waals surface area (Å²) in [5.41, 5.74) is 3.09. The van der Waals surface area contributed by atoms with E-state index in [4.69, 9.17) is 9.47 Å². The summed E-state index contributed by atoms with van der Waals surface area (Å²) >= 11 is 0. The first-order valence-electron chi connectivity index (χ1n) is 12.2. The highest BCUT2D eigenvalue weighted by atomic mass is 16.6. The molecule has 2 N–H and O–H groups in total. The molecule has 3 rings (SSSR count). The Morgan fingerprint density at radius 3 is 2.41 bits per heavy atom. The Hall–Kier alpha value is -4.07. The quantitative estimate of drug-likeness (QED) is 0.333. The molecule has 196 valence electrons. The predicted octanol–water partition coefficient (Wildman–Crippen LogP) is 6.35. The van der Waals surface area contributed by atoms with Gasteiger partial charge in [-0.3, -0.25) is 5.32 Å². The number of nitrogens with zero attached hydrogens (tertiary/aromatic N) is 1. The minimum atomic E-state index is -0.618. The zero-order chi connectivity index (χ0) is 26.8. The van der Waals surface area contributed by atoms with Crippen molar-refractivity contribution in [3.8, 4) is 16.9 Å². The Kier molecular flexibility index (Phi) is 9.49. The normalized spacial score (nSPS) is 12.4. The number of hydrogen-bond acceptors (Lipinski definition) is 6. The summed E-state index contributed by atoms with van der Waals surface area (Å²) in [7, 11) is 1.30. The molecule has 0 aliphatic heterocycles. The molecule has 37 heavy (non-hydrogen) atoms. The van der Waals surface area contributed by atoms with E-state index in [1.165, 1.54) is 7.11 Å². The fourth-order valence-corrected chi connectivity index (χ4v) is 4.11. The van der Waals surface area contributed by atoms with E-state index in [2.05, 4.69) is 34.2 Å². The Morgan fingerprint density at radius 2 is 1.73 bits per heavy atom. The van der Waals surface area contributed by atoms with Gasteiger partial charge >= 0.3 is 12.2 Å². The number of carbonyl (C=O) groups is 2. The van der Waals surface area contributed by atoms with Crippen molar-refractivity contribution in [1.82, 2.24) is 10.3 Å². The van der Waals surface area contributed by atoms with Crippen molar-refractivity contribution in [2.75, 3.05) is 19.0 Å². The van der Waals surface area contributed by atoms with Gasteiger partial charge in [0.15, 0.2) is 0 Å². The summed E-state index contributed by atoms with van der Waals surface area (Å²) in [5, 5.41) is 5.58. The number of nitrogens with one attached hydrogen (secondary N) is 2. The number of alkyl carbamates (subject to hydrolysis) is 1. The molecule has 2 amide bonds. The number of ether oxygens (including phenoxy) is 3. The van der Waals surface area contributed by atoms with Gasteiger partial charge in [-0.05, 0) is 72.7 Å². The maximum absolute atomic E-state index is 12.6. The van der Waals surface area contributed by atoms with Crippen LogP contribution < -0.4 is 15.4 Å². The highest BCUT2D eigenvalue weighted by Crippen LogP contribution is 2.28. The summed E-state index contributed by atoms with van der Waals surface area (Å²) in [5.74, 6) is 1.46. The van der Waals surface area contributed by atoms with Gasteiger partial charge in [0.05, 0.1) is 12.6 Å². The second-order valence-electron chi connectivity index (χ2n) is 9.66. The number of anilines is 1. The van der Waals surface area contributed by atoms with Gasteiger partial charge in [0.25, 0.3) is 0 Å². The summed E-state index contributed by atoms with van der Waals surface area (Å²) < 4.78 is 16.3. The fourth-order valence-electron chi connectivity index (χ4n) is 4.11. The molecule has 0 radical (unpaired) electrons. The minimum Gasteiger partial charge on any atom is -0.491 e. The molecule has 0 bridgehead atoms. The third-order valence-electron chi connectivity index (χ3n) is 5.71. The summed E-state index contributed by atoms with van der Waals surface area (Å²) in [6, 6.07) is 19.1. The first kappa shape index (κ1) is 27.5. The first-order valence-corrected chi connectivity index (χ1v) is 12.2. The standard InChI is InChI=1S/C29H35N3O5/c1-20(2)17-29(4,32-28(34)36-18-22-9-7-6-8-10-22)19-37-25-12-11-23(15-21(25)3)24-13-14-30-26(16-24)31-27(33)35-5/h6-16,20H,17-19H2,1-5H3,(H,32,34)(H,30,31,33). The van der Waals surface area contributed by atoms with Gasteiger partial charge in [-0.25, -0.2) is 14.6 Å². The Morgan fingerprint density at radius 1 is 1.00 bits per heavy atom. The van der Waals surface area contributed by atoms with Gasteiger partial charge < -0.3 is 19.5 Å². The minimum absolute atomic E-state index is 0.206. The van der Waals surface area contributed by atoms with Crippen LogP contribution in [0.2, 0.25) is 0 Å². The average Bonchev–Trinajstić information content (AvgIpc) is 2.87. The number of carbonyl (C=O) groups excluding carboxylic acids is 2. The number of methoxy groups -OCH3 is 1. The second kappa shape index (κ2) is 12.8. The molecule has 0 saturated heterocycles. The van der Waals surface area contributed by atoms with E-state index in [0.29, 0.717) is 11.7 Å². The van der Waals surface area contributed by atoms with Crippen LogP contribution in [0.3, 0.4) is 0 Å². The molecule has 0 spiro atoms. The van der Waals surface area contributed by atoms with Gasteiger partial charge in [-0.2, -0.15) is 0 Å². The second-order valence-corrected chi connectivity index (χ2v) is 9.66. The third-order valence-corrected chi connectivity index (χ3v) is 5.71. The predicted molar refractivity (Wildman–Crippen MR) is 144 cm³/mol. The van der Waals surface area contributed by atoms with Crippen molar-refractivity contribution in [3.05, 3.63) is 78.0 Å². The van der Waals surface area contributed by atoms with Gasteiger partial charge in [-0.1, -0.05) is 50.2 Å². The zero-order valence-electron chi connectivity index (χ0n) is 22.0. The van der Waals surface area contributed by atoms with Crippen LogP contribution >= 0.6 is 0 Å². The lowest BCUT2D eigenvalue weighted by Gasteiger charge is -2.32. The van der Waals surface area contributed by atoms with Gasteiger partial charge in [0, 0.05) is 6.20 Å². The number of benzene rings is 2. The Bertz CT molecular complexity index is 1200. The van der Waals surface area contributed by atoms with Crippen molar-refractivity contribution in [2.45, 2.75) is 46.3 Å². The van der Waals surface area contributed by atoms with Crippen LogP contribution in [0.1, 0.15) is 38.3 Å². The average molecular weight is 506 g/mol. The molecular weight excluding hydrogens is 470 g/mol. The fraction of sp³-hybridized carbons (Fsp3) is 0.345. The SMILES string of the molecule is COC(=O)Nc1cc(-c2ccc(OCC(C)(CC(C)C)NC(=O)OCc3ccccc3)c(C)c2)ccn1. The summed E-state index contributed by atoms with van der Waals surface area (Å²) in [4.78, 5) is 28.2. The summed E-state index contributed by atoms with van der Waals surface area (Å²) in [6.07, 6.45) is 1.29. The van der Waals surface area contributed by atoms with Gasteiger partial charge in [0.1, 0.15) is 24.8 Å². The van der Waals surface area contributed by atoms with E-state index in [0.717, 1.165) is 34.4 Å². The monoisotopic (exact) mass is 505 g/mol. The molecule has 3 aromatic rings. The highest BCUT2D eigenvalue weighted by molar-refractivity contribution is 5.84. The molecule has 1 unspecified atom stereocenters. The van der Waals surface area contributed by atoms with Crippen molar-refractivity contribution < 1.29 is 23.8 Å². The van der Waals surface area contributed by atoms with Crippen molar-refractivity contribution in [2.24, 2.45) is 5.92 Å². The van der Waals surface area contributed by atoms with E-state index in [9.17, 15) is 9.59 Å². The molecule has 2 aromatic carbocycles. The smallest absolute Gasteiger partial charge is 0.412 e. The van der Waals surface area contributed by atoms with E-state index < -0.39 is 17.7 Å². The molecule has 0 aliphatic carbocycles. The van der Waals surface area contributed by atoms with Gasteiger partial charge in [-0.15, -0.1) is 0 Å². The van der Waals surface area contributed by atoms with Crippen LogP contribution in [0.25, 0.3) is 11.1 Å². The largest absolute Gasteiger partial charge is 0.491 e. The number of aromatic nitrogens is 1. The number of rotatable bonds is 10. The van der Waals surface area contributed by atoms with Crippen LogP contribution in [0.4, 0.5) is 15.4 Å². The van der Waals surface area contributed by atoms with Crippen LogP contribution in [0.5, 0.6) is 5.75 Å². The maximum atomic E-state index is 12.6. The van der Waals surface area contributed by atoms with Gasteiger partial charge in [0.2, 0.25) is 0 Å². The van der Waals surface area contributed by atoms with E-state index >= 15 is 0 Å². The molecule has 1 aromatic heterocycles. The highest BCUT2D eigenvalue weighted by Gasteiger charge is 2.29. The van der Waals surface area contributed by atoms with Crippen LogP contribution in [0, 0.1) is 12.8 Å². The molecule has 1 heterocycles. The molecule has 0 aliphatic rings. The Balaban J connectivity index is 1.66. The van der Waals surface area contributed by atoms with Crippen molar-refractivity contribution in [1.29, 1.82) is 0 Å². The zero-order valence-corrected chi connectivity index (χ0v) is 22.0. The molecule has 0 fully saturated rings.